The molecule has 0 spiro atoms. The summed E-state index contributed by atoms with van der Waals surface area (Å²) in [5.74, 6) is 1.00. The van der Waals surface area contributed by atoms with Crippen LogP contribution in [0.4, 0.5) is 0 Å². The zero-order chi connectivity index (χ0) is 33.2. The van der Waals surface area contributed by atoms with Crippen LogP contribution in [0.5, 0.6) is 0 Å². The van der Waals surface area contributed by atoms with Crippen molar-refractivity contribution < 1.29 is 37.4 Å². The van der Waals surface area contributed by atoms with Crippen LogP contribution in [0.15, 0.2) is 109 Å². The van der Waals surface area contributed by atoms with Crippen LogP contribution in [-0.4, -0.2) is 50.5 Å². The van der Waals surface area contributed by atoms with Crippen molar-refractivity contribution in [2.24, 2.45) is 0 Å². The van der Waals surface area contributed by atoms with Gasteiger partial charge in [0.15, 0.2) is 0 Å². The number of halogens is 1. The molecule has 3 saturated heterocycles. The third-order valence-electron chi connectivity index (χ3n) is 8.94. The van der Waals surface area contributed by atoms with Gasteiger partial charge in [0.25, 0.3) is 0 Å². The van der Waals surface area contributed by atoms with Crippen LogP contribution < -0.4 is 0 Å². The van der Waals surface area contributed by atoms with Gasteiger partial charge in [0, 0.05) is 72.7 Å². The third-order valence-corrected chi connectivity index (χ3v) is 9.44. The first-order chi connectivity index (χ1) is 23.5. The predicted octanol–water partition coefficient (Wildman–Crippen LogP) is 9.32. The Morgan fingerprint density at radius 2 is 1.12 bits per heavy atom. The van der Waals surface area contributed by atoms with E-state index >= 15 is 0 Å². The number of aliphatic hydroxyl groups is 1. The van der Waals surface area contributed by atoms with Crippen LogP contribution in [0.2, 0.25) is 0 Å². The first-order valence-electron chi connectivity index (χ1n) is 16.5. The number of ether oxygens (including phenoxy) is 3. The summed E-state index contributed by atoms with van der Waals surface area (Å²) in [5.41, 5.74) is 4.43. The summed E-state index contributed by atoms with van der Waals surface area (Å²) in [5, 5.41) is 13.9. The van der Waals surface area contributed by atoms with Crippen molar-refractivity contribution in [2.45, 2.75) is 50.0 Å². The Balaban J connectivity index is 0.000000116. The average Bonchev–Trinajstić information content (AvgIpc) is 3.91. The molecule has 6 aromatic rings. The van der Waals surface area contributed by atoms with E-state index in [1.165, 1.54) is 10.9 Å². The van der Waals surface area contributed by atoms with Crippen LogP contribution in [0.3, 0.4) is 0 Å². The van der Waals surface area contributed by atoms with Crippen molar-refractivity contribution in [1.82, 2.24) is 0 Å². The lowest BCUT2D eigenvalue weighted by Crippen LogP contribution is -2.33. The quantitative estimate of drug-likeness (QED) is 0.189. The van der Waals surface area contributed by atoms with E-state index in [1.807, 2.05) is 54.6 Å². The maximum absolute atomic E-state index is 10.5. The Labute approximate surface area is 288 Å². The van der Waals surface area contributed by atoms with Crippen LogP contribution >= 0.6 is 15.9 Å². The summed E-state index contributed by atoms with van der Waals surface area (Å²) < 4.78 is 32.4. The molecule has 0 amide bonds. The minimum absolute atomic E-state index is 0.339. The third kappa shape index (κ3) is 9.03. The number of rotatable bonds is 2. The number of carbonyl (C=O) groups is 1. The van der Waals surface area contributed by atoms with Gasteiger partial charge in [-0.2, -0.15) is 0 Å². The van der Waals surface area contributed by atoms with Crippen molar-refractivity contribution in [2.75, 3.05) is 39.6 Å². The molecule has 3 aromatic carbocycles. The van der Waals surface area contributed by atoms with E-state index in [9.17, 15) is 9.90 Å². The molecule has 0 saturated carbocycles. The lowest BCUT2D eigenvalue weighted by atomic mass is 9.86. The van der Waals surface area contributed by atoms with E-state index in [0.717, 1.165) is 63.6 Å². The Morgan fingerprint density at radius 1 is 0.604 bits per heavy atom. The Bertz CT molecular complexity index is 1880. The molecule has 3 aliphatic rings. The largest absolute Gasteiger partial charge is 0.464 e. The number of ketones is 1. The second-order valence-corrected chi connectivity index (χ2v) is 13.1. The van der Waals surface area contributed by atoms with Gasteiger partial charge in [0.1, 0.15) is 22.5 Å². The molecule has 3 aromatic heterocycles. The number of hydrogen-bond donors (Lipinski definition) is 1. The van der Waals surface area contributed by atoms with Crippen LogP contribution in [0.25, 0.3) is 32.9 Å². The van der Waals surface area contributed by atoms with Crippen molar-refractivity contribution in [1.29, 1.82) is 0 Å². The number of Topliss-reactive ketones (excluding diaryl/α,β-unsaturated/α-hetero) is 1. The molecule has 0 unspecified atom stereocenters. The molecule has 48 heavy (non-hydrogen) atoms. The first-order valence-corrected chi connectivity index (χ1v) is 17.3. The van der Waals surface area contributed by atoms with Crippen LogP contribution in [-0.2, 0) is 24.6 Å². The molecular formula is C39H41BrO8. The van der Waals surface area contributed by atoms with E-state index in [-0.39, 0.29) is 0 Å². The van der Waals surface area contributed by atoms with E-state index in [0.29, 0.717) is 63.8 Å². The molecule has 3 aliphatic heterocycles. The Hall–Kier alpha value is -3.73. The van der Waals surface area contributed by atoms with E-state index in [2.05, 4.69) is 34.1 Å². The van der Waals surface area contributed by atoms with Crippen molar-refractivity contribution in [3.05, 3.63) is 107 Å². The van der Waals surface area contributed by atoms with E-state index in [4.69, 9.17) is 27.5 Å². The monoisotopic (exact) mass is 716 g/mol. The molecule has 0 atom stereocenters. The first kappa shape index (κ1) is 34.1. The molecule has 0 aliphatic carbocycles. The lowest BCUT2D eigenvalue weighted by molar-refractivity contribution is -0.124. The smallest absolute Gasteiger partial charge is 0.137 e. The zero-order valence-corrected chi connectivity index (χ0v) is 28.5. The average molecular weight is 718 g/mol. The Kier molecular flexibility index (Phi) is 11.8. The number of carbonyl (C=O) groups excluding carboxylic acids is 1. The summed E-state index contributed by atoms with van der Waals surface area (Å²) >= 11 is 3.38. The maximum atomic E-state index is 10.5. The highest BCUT2D eigenvalue weighted by molar-refractivity contribution is 9.10. The molecular weight excluding hydrogens is 676 g/mol. The molecule has 0 bridgehead atoms. The number of benzene rings is 3. The summed E-state index contributed by atoms with van der Waals surface area (Å²) in [6.07, 6.45) is 9.97. The second kappa shape index (κ2) is 16.6. The highest BCUT2D eigenvalue weighted by atomic mass is 79.9. The molecule has 3 fully saturated rings. The maximum Gasteiger partial charge on any atom is 0.137 e. The van der Waals surface area contributed by atoms with Crippen molar-refractivity contribution in [3.63, 3.8) is 0 Å². The molecule has 8 nitrogen and oxygen atoms in total. The van der Waals surface area contributed by atoms with Gasteiger partial charge in [-0.1, -0.05) is 28.1 Å². The van der Waals surface area contributed by atoms with Gasteiger partial charge in [-0.15, -0.1) is 0 Å². The topological polar surface area (TPSA) is 104 Å². The van der Waals surface area contributed by atoms with Crippen LogP contribution in [0, 0.1) is 0 Å². The summed E-state index contributed by atoms with van der Waals surface area (Å²) in [7, 11) is 0. The lowest BCUT2D eigenvalue weighted by Gasteiger charge is -2.32. The molecule has 6 heterocycles. The minimum atomic E-state index is -0.732. The summed E-state index contributed by atoms with van der Waals surface area (Å²) in [6, 6.07) is 24.2. The minimum Gasteiger partial charge on any atom is -0.464 e. The standard InChI is InChI=1S/C13H14O3.C13H14O2.C8H5BrO.C5H8O2/c14-13(4-7-15-8-5-13)11-1-2-12-10(9-11)3-6-16-12;1-2-13-12(5-8-15-13)9-11(1)10-3-6-14-7-4-10;9-7-1-2-8-6(5-7)3-4-10-8;6-5-1-3-7-4-2-5/h1-3,6,9,14H,4-5,7-8H2;1-2,5,8-10H,3-4,6-7H2;1-5H;1-4H2. The molecule has 9 heteroatoms. The van der Waals surface area contributed by atoms with Gasteiger partial charge in [-0.3, -0.25) is 4.79 Å². The highest BCUT2D eigenvalue weighted by Gasteiger charge is 2.31. The van der Waals surface area contributed by atoms with Crippen LogP contribution in [0.1, 0.15) is 55.6 Å². The molecule has 0 radical (unpaired) electrons. The van der Waals surface area contributed by atoms with Gasteiger partial charge >= 0.3 is 0 Å². The second-order valence-electron chi connectivity index (χ2n) is 12.2. The zero-order valence-electron chi connectivity index (χ0n) is 26.9. The van der Waals surface area contributed by atoms with Gasteiger partial charge in [-0.05, 0) is 90.6 Å². The Morgan fingerprint density at radius 3 is 1.73 bits per heavy atom. The highest BCUT2D eigenvalue weighted by Crippen LogP contribution is 2.34. The van der Waals surface area contributed by atoms with Gasteiger partial charge < -0.3 is 32.6 Å². The number of furan rings is 3. The predicted molar refractivity (Wildman–Crippen MR) is 188 cm³/mol. The fourth-order valence-corrected chi connectivity index (χ4v) is 6.44. The summed E-state index contributed by atoms with van der Waals surface area (Å²) in [6.45, 7) is 4.32. The SMILES string of the molecule is Brc1ccc2occc2c1.O=C1CCOCC1.OC1(c2ccc3occc3c2)CCOCC1.c1cc2cc(C3CCOCC3)ccc2o1. The molecule has 9 rings (SSSR count). The van der Waals surface area contributed by atoms with Gasteiger partial charge in [0.2, 0.25) is 0 Å². The van der Waals surface area contributed by atoms with Gasteiger partial charge in [-0.25, -0.2) is 0 Å². The normalized spacial score (nSPS) is 17.9. The van der Waals surface area contributed by atoms with E-state index in [1.54, 1.807) is 18.8 Å². The molecule has 252 valence electrons. The van der Waals surface area contributed by atoms with Gasteiger partial charge in [0.05, 0.1) is 37.6 Å². The number of hydrogen-bond acceptors (Lipinski definition) is 8. The summed E-state index contributed by atoms with van der Waals surface area (Å²) in [4.78, 5) is 10.4. The van der Waals surface area contributed by atoms with Crippen molar-refractivity contribution >= 4 is 54.6 Å². The molecule has 1 N–H and O–H groups in total. The fraction of sp³-hybridized carbons (Fsp3) is 0.359. The number of fused-ring (bicyclic) bond motifs is 3. The fourth-order valence-electron chi connectivity index (χ4n) is 6.06. The van der Waals surface area contributed by atoms with Crippen molar-refractivity contribution in [3.8, 4) is 0 Å². The van der Waals surface area contributed by atoms with E-state index < -0.39 is 5.60 Å².